The Balaban J connectivity index is 0.000000690. The fourth-order valence-electron chi connectivity index (χ4n) is 3.52. The normalized spacial score (nSPS) is 18.5. The van der Waals surface area contributed by atoms with Gasteiger partial charge in [-0.2, -0.15) is 0 Å². The molecule has 0 radical (unpaired) electrons. The van der Waals surface area contributed by atoms with Crippen LogP contribution in [0.3, 0.4) is 0 Å². The van der Waals surface area contributed by atoms with Crippen LogP contribution >= 0.6 is 0 Å². The van der Waals surface area contributed by atoms with Gasteiger partial charge in [-0.25, -0.2) is 9.18 Å². The van der Waals surface area contributed by atoms with E-state index in [0.717, 1.165) is 18.5 Å². The van der Waals surface area contributed by atoms with Crippen LogP contribution in [0.25, 0.3) is 0 Å². The van der Waals surface area contributed by atoms with Crippen molar-refractivity contribution in [2.75, 3.05) is 31.6 Å². The van der Waals surface area contributed by atoms with Crippen LogP contribution in [-0.2, 0) is 0 Å². The summed E-state index contributed by atoms with van der Waals surface area (Å²) in [6.07, 6.45) is 4.88. The van der Waals surface area contributed by atoms with Crippen LogP contribution in [0.5, 0.6) is 11.5 Å². The summed E-state index contributed by atoms with van der Waals surface area (Å²) < 4.78 is 24.5. The number of hydrogen-bond acceptors (Lipinski definition) is 5. The first kappa shape index (κ1) is 24.8. The molecular formula is C25H33FN2O5. The van der Waals surface area contributed by atoms with E-state index >= 15 is 0 Å². The third-order valence-corrected chi connectivity index (χ3v) is 5.62. The highest BCUT2D eigenvalue weighted by Gasteiger charge is 2.26. The summed E-state index contributed by atoms with van der Waals surface area (Å²) in [6.45, 7) is 3.76. The monoisotopic (exact) mass is 460 g/mol. The standard InChI is InChI=1S/C21H25FN2O5.C4H8/c1-14-2-7-19(23-21(26)27)20(10-14)28-13-16(25)11-24-9-8-18(12-24)29-17-5-3-15(22)4-6-17;1-2-4-3-1/h2-7,10,16,18,23,25H,8-9,11-13H2,1H3,(H,26,27);1-4H2. The average molecular weight is 461 g/mol. The first-order valence-electron chi connectivity index (χ1n) is 11.4. The highest BCUT2D eigenvalue weighted by atomic mass is 19.1. The predicted octanol–water partition coefficient (Wildman–Crippen LogP) is 4.68. The van der Waals surface area contributed by atoms with Crippen LogP contribution in [0.15, 0.2) is 42.5 Å². The van der Waals surface area contributed by atoms with Crippen molar-refractivity contribution >= 4 is 11.8 Å². The number of carboxylic acid groups (broad SMARTS) is 1. The number of anilines is 1. The molecule has 0 bridgehead atoms. The highest BCUT2D eigenvalue weighted by molar-refractivity contribution is 5.85. The SMILES string of the molecule is C1CCC1.Cc1ccc(NC(=O)O)c(OCC(O)CN2CCC(Oc3ccc(F)cc3)C2)c1. The van der Waals surface area contributed by atoms with E-state index in [-0.39, 0.29) is 18.5 Å². The zero-order chi connectivity index (χ0) is 23.6. The predicted molar refractivity (Wildman–Crippen MR) is 125 cm³/mol. The Morgan fingerprint density at radius 2 is 1.88 bits per heavy atom. The van der Waals surface area contributed by atoms with Gasteiger partial charge in [0.15, 0.2) is 0 Å². The lowest BCUT2D eigenvalue weighted by molar-refractivity contribution is 0.0722. The highest BCUT2D eigenvalue weighted by Crippen LogP contribution is 2.26. The van der Waals surface area contributed by atoms with Crippen LogP contribution < -0.4 is 14.8 Å². The lowest BCUT2D eigenvalue weighted by Crippen LogP contribution is -2.35. The Labute approximate surface area is 194 Å². The van der Waals surface area contributed by atoms with Gasteiger partial charge in [0.2, 0.25) is 0 Å². The van der Waals surface area contributed by atoms with Crippen LogP contribution in [0.2, 0.25) is 0 Å². The molecule has 2 fully saturated rings. The summed E-state index contributed by atoms with van der Waals surface area (Å²) in [4.78, 5) is 13.0. The number of nitrogens with zero attached hydrogens (tertiary/aromatic N) is 1. The smallest absolute Gasteiger partial charge is 0.409 e. The van der Waals surface area contributed by atoms with Crippen molar-refractivity contribution in [2.45, 2.75) is 51.2 Å². The van der Waals surface area contributed by atoms with Gasteiger partial charge in [0.1, 0.15) is 36.1 Å². The Kier molecular flexibility index (Phi) is 9.33. The maximum Gasteiger partial charge on any atom is 0.409 e. The lowest BCUT2D eigenvalue weighted by atomic mass is 10.0. The fourth-order valence-corrected chi connectivity index (χ4v) is 3.52. The molecule has 1 amide bonds. The van der Waals surface area contributed by atoms with Crippen molar-refractivity contribution in [1.82, 2.24) is 4.90 Å². The molecule has 2 aromatic rings. The van der Waals surface area contributed by atoms with Crippen molar-refractivity contribution in [3.8, 4) is 11.5 Å². The number of aliphatic hydroxyl groups excluding tert-OH is 1. The second-order valence-corrected chi connectivity index (χ2v) is 8.55. The van der Waals surface area contributed by atoms with Gasteiger partial charge in [0, 0.05) is 19.6 Å². The van der Waals surface area contributed by atoms with Crippen molar-refractivity contribution < 1.29 is 28.9 Å². The van der Waals surface area contributed by atoms with E-state index in [1.54, 1.807) is 30.3 Å². The quantitative estimate of drug-likeness (QED) is 0.530. The van der Waals surface area contributed by atoms with E-state index in [2.05, 4.69) is 10.2 Å². The van der Waals surface area contributed by atoms with E-state index in [1.807, 2.05) is 6.92 Å². The van der Waals surface area contributed by atoms with Crippen LogP contribution in [0.1, 0.15) is 37.7 Å². The number of nitrogens with one attached hydrogen (secondary N) is 1. The maximum absolute atomic E-state index is 13.0. The number of aliphatic hydroxyl groups is 1. The molecule has 0 aromatic heterocycles. The topological polar surface area (TPSA) is 91.3 Å². The van der Waals surface area contributed by atoms with E-state index in [0.29, 0.717) is 30.3 Å². The maximum atomic E-state index is 13.0. The summed E-state index contributed by atoms with van der Waals surface area (Å²) >= 11 is 0. The molecule has 2 unspecified atom stereocenters. The second-order valence-electron chi connectivity index (χ2n) is 8.55. The van der Waals surface area contributed by atoms with E-state index < -0.39 is 12.2 Å². The van der Waals surface area contributed by atoms with Crippen molar-refractivity contribution in [2.24, 2.45) is 0 Å². The number of benzene rings is 2. The van der Waals surface area contributed by atoms with Gasteiger partial charge >= 0.3 is 6.09 Å². The molecule has 2 aliphatic rings. The number of hydrogen-bond donors (Lipinski definition) is 3. The Morgan fingerprint density at radius 1 is 1.18 bits per heavy atom. The molecule has 1 saturated carbocycles. The summed E-state index contributed by atoms with van der Waals surface area (Å²) in [5.41, 5.74) is 1.26. The molecule has 2 aromatic carbocycles. The first-order chi connectivity index (χ1) is 15.9. The Bertz CT molecular complexity index is 885. The van der Waals surface area contributed by atoms with Crippen LogP contribution in [-0.4, -0.2) is 59.7 Å². The fraction of sp³-hybridized carbons (Fsp3) is 0.480. The molecular weight excluding hydrogens is 427 g/mol. The largest absolute Gasteiger partial charge is 0.489 e. The molecule has 4 rings (SSSR count). The van der Waals surface area contributed by atoms with Gasteiger partial charge in [0.05, 0.1) is 5.69 Å². The summed E-state index contributed by atoms with van der Waals surface area (Å²) in [5, 5.41) is 21.5. The number of carbonyl (C=O) groups is 1. The average Bonchev–Trinajstić information content (AvgIpc) is 3.15. The van der Waals surface area contributed by atoms with Gasteiger partial charge < -0.3 is 19.7 Å². The summed E-state index contributed by atoms with van der Waals surface area (Å²) in [5.74, 6) is 0.703. The molecule has 3 N–H and O–H groups in total. The van der Waals surface area contributed by atoms with Gasteiger partial charge in [-0.3, -0.25) is 10.2 Å². The van der Waals surface area contributed by atoms with Gasteiger partial charge in [-0.1, -0.05) is 31.7 Å². The number of ether oxygens (including phenoxy) is 2. The molecule has 7 nitrogen and oxygen atoms in total. The molecule has 1 heterocycles. The summed E-state index contributed by atoms with van der Waals surface area (Å²) in [6, 6.07) is 11.1. The first-order valence-corrected chi connectivity index (χ1v) is 11.4. The molecule has 180 valence electrons. The van der Waals surface area contributed by atoms with Crippen LogP contribution in [0.4, 0.5) is 14.9 Å². The third-order valence-electron chi connectivity index (χ3n) is 5.62. The van der Waals surface area contributed by atoms with E-state index in [1.165, 1.54) is 37.8 Å². The molecule has 2 atom stereocenters. The molecule has 33 heavy (non-hydrogen) atoms. The molecule has 1 aliphatic heterocycles. The van der Waals surface area contributed by atoms with Crippen molar-refractivity contribution in [3.63, 3.8) is 0 Å². The number of β-amino-alcohol motifs (C(OH)–C–C–N with tert-alkyl or cyclic N) is 1. The minimum absolute atomic E-state index is 0.0169. The van der Waals surface area contributed by atoms with Gasteiger partial charge in [-0.05, 0) is 55.3 Å². The van der Waals surface area contributed by atoms with E-state index in [9.17, 15) is 14.3 Å². The van der Waals surface area contributed by atoms with Crippen molar-refractivity contribution in [1.29, 1.82) is 0 Å². The Morgan fingerprint density at radius 3 is 2.52 bits per heavy atom. The number of amides is 1. The zero-order valence-electron chi connectivity index (χ0n) is 19.0. The number of halogens is 1. The van der Waals surface area contributed by atoms with Crippen molar-refractivity contribution in [3.05, 3.63) is 53.8 Å². The van der Waals surface area contributed by atoms with Gasteiger partial charge in [0.25, 0.3) is 0 Å². The Hall–Kier alpha value is -2.84. The number of rotatable bonds is 8. The minimum atomic E-state index is -1.18. The number of aryl methyl sites for hydroxylation is 1. The number of likely N-dealkylation sites (tertiary alicyclic amines) is 1. The van der Waals surface area contributed by atoms with Gasteiger partial charge in [-0.15, -0.1) is 0 Å². The minimum Gasteiger partial charge on any atom is -0.489 e. The molecule has 0 spiro atoms. The summed E-state index contributed by atoms with van der Waals surface area (Å²) in [7, 11) is 0. The molecule has 1 saturated heterocycles. The third kappa shape index (κ3) is 8.55. The zero-order valence-corrected chi connectivity index (χ0v) is 19.0. The molecule has 8 heteroatoms. The lowest BCUT2D eigenvalue weighted by Gasteiger charge is -2.21. The van der Waals surface area contributed by atoms with E-state index in [4.69, 9.17) is 14.6 Å². The second kappa shape index (κ2) is 12.4. The molecule has 1 aliphatic carbocycles. The van der Waals surface area contributed by atoms with Crippen LogP contribution in [0, 0.1) is 12.7 Å².